The fourth-order valence-electron chi connectivity index (χ4n) is 5.15. The molecule has 37 heavy (non-hydrogen) atoms. The van der Waals surface area contributed by atoms with Crippen molar-refractivity contribution in [3.63, 3.8) is 0 Å². The molecular weight excluding hydrogens is 502 g/mol. The third kappa shape index (κ3) is 7.62. The van der Waals surface area contributed by atoms with Crippen molar-refractivity contribution in [3.8, 4) is 0 Å². The standard InChI is InChI=1S/C30H38ClN3O2S/c1-22(2)33(20-23-11-4-3-5-12-23)18-10-17-32-29(35)21-34-26-15-8-9-16-27(26)37-28(30(34)36)19-24-13-6-7-14-25(24)31/h3-7,11-14,19,22,26-27H,8-10,15-18,20-21H2,1-2H3,(H,32,35)/b28-19+. The Morgan fingerprint density at radius 1 is 1.14 bits per heavy atom. The second-order valence-corrected chi connectivity index (χ2v) is 11.9. The monoisotopic (exact) mass is 539 g/mol. The lowest BCUT2D eigenvalue weighted by molar-refractivity contribution is -0.135. The Balaban J connectivity index is 1.34. The molecule has 5 nitrogen and oxygen atoms in total. The molecule has 7 heteroatoms. The van der Waals surface area contributed by atoms with E-state index < -0.39 is 0 Å². The van der Waals surface area contributed by atoms with E-state index in [1.165, 1.54) is 5.56 Å². The van der Waals surface area contributed by atoms with Crippen molar-refractivity contribution in [1.82, 2.24) is 15.1 Å². The number of nitrogens with zero attached hydrogens (tertiary/aromatic N) is 2. The van der Waals surface area contributed by atoms with Crippen LogP contribution in [0.5, 0.6) is 0 Å². The van der Waals surface area contributed by atoms with E-state index in [1.54, 1.807) is 11.8 Å². The van der Waals surface area contributed by atoms with E-state index in [1.807, 2.05) is 41.3 Å². The summed E-state index contributed by atoms with van der Waals surface area (Å²) in [7, 11) is 0. The number of halogens is 1. The van der Waals surface area contributed by atoms with Crippen LogP contribution < -0.4 is 5.32 Å². The molecule has 2 fully saturated rings. The predicted molar refractivity (Wildman–Crippen MR) is 154 cm³/mol. The van der Waals surface area contributed by atoms with Gasteiger partial charge in [0.15, 0.2) is 0 Å². The summed E-state index contributed by atoms with van der Waals surface area (Å²) in [6.45, 7) is 6.92. The number of thioether (sulfide) groups is 1. The van der Waals surface area contributed by atoms with Crippen LogP contribution in [0.15, 0.2) is 59.5 Å². The van der Waals surface area contributed by atoms with Gasteiger partial charge in [-0.1, -0.05) is 73.0 Å². The summed E-state index contributed by atoms with van der Waals surface area (Å²) >= 11 is 8.02. The number of rotatable bonds is 10. The zero-order chi connectivity index (χ0) is 26.2. The van der Waals surface area contributed by atoms with E-state index >= 15 is 0 Å². The van der Waals surface area contributed by atoms with Crippen molar-refractivity contribution in [2.24, 2.45) is 0 Å². The maximum atomic E-state index is 13.5. The van der Waals surface area contributed by atoms with Gasteiger partial charge in [0, 0.05) is 42.0 Å². The van der Waals surface area contributed by atoms with E-state index in [0.717, 1.165) is 50.8 Å². The molecule has 2 aromatic carbocycles. The van der Waals surface area contributed by atoms with Gasteiger partial charge in [0.2, 0.25) is 5.91 Å². The molecule has 0 spiro atoms. The molecule has 0 aromatic heterocycles. The summed E-state index contributed by atoms with van der Waals surface area (Å²) in [4.78, 5) is 31.4. The van der Waals surface area contributed by atoms with Gasteiger partial charge in [0.1, 0.15) is 6.54 Å². The zero-order valence-corrected chi connectivity index (χ0v) is 23.4. The van der Waals surface area contributed by atoms with Crippen LogP contribution in [0.25, 0.3) is 6.08 Å². The molecule has 0 bridgehead atoms. The van der Waals surface area contributed by atoms with E-state index in [9.17, 15) is 9.59 Å². The second kappa shape index (κ2) is 13.5. The Hall–Kier alpha value is -2.28. The molecule has 1 heterocycles. The normalized spacial score (nSPS) is 20.9. The molecule has 1 saturated carbocycles. The number of carbonyl (C=O) groups excluding carboxylic acids is 2. The summed E-state index contributed by atoms with van der Waals surface area (Å²) in [6, 6.07) is 18.6. The minimum Gasteiger partial charge on any atom is -0.355 e. The first-order valence-electron chi connectivity index (χ1n) is 13.4. The fourth-order valence-corrected chi connectivity index (χ4v) is 6.81. The number of nitrogens with one attached hydrogen (secondary N) is 1. The maximum absolute atomic E-state index is 13.5. The van der Waals surface area contributed by atoms with Crippen molar-refractivity contribution >= 4 is 41.3 Å². The Bertz CT molecular complexity index is 1090. The molecule has 1 aliphatic heterocycles. The summed E-state index contributed by atoms with van der Waals surface area (Å²) in [5.74, 6) is -0.141. The number of fused-ring (bicyclic) bond motifs is 1. The van der Waals surface area contributed by atoms with Gasteiger partial charge in [-0.05, 0) is 56.4 Å². The Morgan fingerprint density at radius 2 is 1.86 bits per heavy atom. The lowest BCUT2D eigenvalue weighted by Crippen LogP contribution is -2.54. The summed E-state index contributed by atoms with van der Waals surface area (Å²) < 4.78 is 0. The van der Waals surface area contributed by atoms with Crippen molar-refractivity contribution in [2.45, 2.75) is 69.8 Å². The lowest BCUT2D eigenvalue weighted by Gasteiger charge is -2.43. The predicted octanol–water partition coefficient (Wildman–Crippen LogP) is 5.98. The first-order valence-corrected chi connectivity index (χ1v) is 14.7. The highest BCUT2D eigenvalue weighted by Gasteiger charge is 2.41. The van der Waals surface area contributed by atoms with Gasteiger partial charge < -0.3 is 10.2 Å². The van der Waals surface area contributed by atoms with Gasteiger partial charge in [-0.15, -0.1) is 11.8 Å². The highest BCUT2D eigenvalue weighted by atomic mass is 35.5. The largest absolute Gasteiger partial charge is 0.355 e. The number of amides is 2. The van der Waals surface area contributed by atoms with Gasteiger partial charge in [0.25, 0.3) is 5.91 Å². The first-order chi connectivity index (χ1) is 17.9. The Morgan fingerprint density at radius 3 is 2.62 bits per heavy atom. The quantitative estimate of drug-likeness (QED) is 0.298. The minimum atomic E-state index is -0.0826. The molecule has 2 aliphatic rings. The Kier molecular flexibility index (Phi) is 10.1. The molecule has 4 rings (SSSR count). The van der Waals surface area contributed by atoms with Gasteiger partial charge in [0.05, 0.1) is 4.91 Å². The smallest absolute Gasteiger partial charge is 0.261 e. The van der Waals surface area contributed by atoms with Crippen molar-refractivity contribution in [1.29, 1.82) is 0 Å². The van der Waals surface area contributed by atoms with E-state index in [0.29, 0.717) is 27.8 Å². The van der Waals surface area contributed by atoms with Crippen LogP contribution in [0, 0.1) is 0 Å². The number of benzene rings is 2. The fraction of sp³-hybridized carbons (Fsp3) is 0.467. The van der Waals surface area contributed by atoms with Crippen LogP contribution in [0.3, 0.4) is 0 Å². The van der Waals surface area contributed by atoms with Crippen molar-refractivity contribution in [2.75, 3.05) is 19.6 Å². The molecule has 1 saturated heterocycles. The first kappa shape index (κ1) is 27.7. The maximum Gasteiger partial charge on any atom is 0.261 e. The lowest BCUT2D eigenvalue weighted by atomic mass is 9.93. The summed E-state index contributed by atoms with van der Waals surface area (Å²) in [6.07, 6.45) is 7.04. The van der Waals surface area contributed by atoms with Crippen LogP contribution >= 0.6 is 23.4 Å². The molecule has 2 aromatic rings. The molecule has 1 N–H and O–H groups in total. The van der Waals surface area contributed by atoms with Gasteiger partial charge >= 0.3 is 0 Å². The SMILES string of the molecule is CC(C)N(CCCNC(=O)CN1C(=O)/C(=C\c2ccccc2Cl)SC2CCCCC21)Cc1ccccc1. The minimum absolute atomic E-state index is 0.0583. The van der Waals surface area contributed by atoms with Crippen LogP contribution in [-0.4, -0.2) is 58.6 Å². The zero-order valence-electron chi connectivity index (χ0n) is 21.9. The van der Waals surface area contributed by atoms with Gasteiger partial charge in [-0.2, -0.15) is 0 Å². The number of carbonyl (C=O) groups is 2. The van der Waals surface area contributed by atoms with E-state index in [4.69, 9.17) is 11.6 Å². The van der Waals surface area contributed by atoms with Crippen LogP contribution in [-0.2, 0) is 16.1 Å². The van der Waals surface area contributed by atoms with Gasteiger partial charge in [-0.25, -0.2) is 0 Å². The molecule has 1 aliphatic carbocycles. The molecule has 2 unspecified atom stereocenters. The molecule has 0 radical (unpaired) electrons. The second-order valence-electron chi connectivity index (χ2n) is 10.2. The average molecular weight is 540 g/mol. The number of hydrogen-bond acceptors (Lipinski definition) is 4. The van der Waals surface area contributed by atoms with E-state index in [2.05, 4.69) is 48.3 Å². The average Bonchev–Trinajstić information content (AvgIpc) is 2.90. The molecule has 2 amide bonds. The highest BCUT2D eigenvalue weighted by Crippen LogP contribution is 2.42. The number of hydrogen-bond donors (Lipinski definition) is 1. The van der Waals surface area contributed by atoms with Crippen molar-refractivity contribution in [3.05, 3.63) is 75.7 Å². The van der Waals surface area contributed by atoms with Crippen molar-refractivity contribution < 1.29 is 9.59 Å². The molecular formula is C30H38ClN3O2S. The van der Waals surface area contributed by atoms with Crippen LogP contribution in [0.4, 0.5) is 0 Å². The topological polar surface area (TPSA) is 52.7 Å². The Labute approximate surface area is 230 Å². The summed E-state index contributed by atoms with van der Waals surface area (Å²) in [5, 5.41) is 4.02. The molecule has 198 valence electrons. The summed E-state index contributed by atoms with van der Waals surface area (Å²) in [5.41, 5.74) is 2.13. The third-order valence-corrected chi connectivity index (χ3v) is 8.97. The van der Waals surface area contributed by atoms with Gasteiger partial charge in [-0.3, -0.25) is 14.5 Å². The third-order valence-electron chi connectivity index (χ3n) is 7.23. The van der Waals surface area contributed by atoms with Crippen LogP contribution in [0.1, 0.15) is 57.1 Å². The highest BCUT2D eigenvalue weighted by molar-refractivity contribution is 8.04. The van der Waals surface area contributed by atoms with E-state index in [-0.39, 0.29) is 24.4 Å². The molecule has 2 atom stereocenters. The van der Waals surface area contributed by atoms with Crippen LogP contribution in [0.2, 0.25) is 5.02 Å².